The average molecular weight is 531 g/mol. The van der Waals surface area contributed by atoms with Crippen LogP contribution in [0.25, 0.3) is 0 Å². The molecule has 0 bridgehead atoms. The van der Waals surface area contributed by atoms with E-state index in [0.717, 1.165) is 6.42 Å². The van der Waals surface area contributed by atoms with Crippen molar-refractivity contribution in [1.29, 1.82) is 0 Å². The lowest BCUT2D eigenvalue weighted by molar-refractivity contribution is -0.155. The van der Waals surface area contributed by atoms with E-state index in [9.17, 15) is 34.5 Å². The summed E-state index contributed by atoms with van der Waals surface area (Å²) in [5.41, 5.74) is -2.36. The Hall–Kier alpha value is -3.04. The van der Waals surface area contributed by atoms with Gasteiger partial charge in [-0.15, -0.1) is 0 Å². The van der Waals surface area contributed by atoms with Crippen LogP contribution in [0.4, 0.5) is 0 Å². The predicted octanol–water partition coefficient (Wildman–Crippen LogP) is 3.29. The zero-order valence-electron chi connectivity index (χ0n) is 18.4. The standard InChI is InChI=1S/C25H23BrO8/c1-2-3-8-17(28)34-11-16(27)25(33)9-14-18(15(26)10-25)24(32)20-19(23(14)31)21(29)12-6-4-5-7-13(12)22(20)30/h4-7,15,31-33H,2-3,8-11H2,1H3. The van der Waals surface area contributed by atoms with Gasteiger partial charge in [-0.2, -0.15) is 0 Å². The zero-order valence-corrected chi connectivity index (χ0v) is 20.0. The molecule has 2 aromatic carbocycles. The summed E-state index contributed by atoms with van der Waals surface area (Å²) in [5, 5.41) is 33.2. The predicted molar refractivity (Wildman–Crippen MR) is 124 cm³/mol. The minimum Gasteiger partial charge on any atom is -0.507 e. The summed E-state index contributed by atoms with van der Waals surface area (Å²) >= 11 is 3.34. The van der Waals surface area contributed by atoms with Gasteiger partial charge in [0.1, 0.15) is 17.1 Å². The van der Waals surface area contributed by atoms with Crippen LogP contribution in [0.3, 0.4) is 0 Å². The lowest BCUT2D eigenvalue weighted by Gasteiger charge is -2.37. The van der Waals surface area contributed by atoms with E-state index in [1.54, 1.807) is 12.1 Å². The topological polar surface area (TPSA) is 138 Å². The molecule has 4 rings (SSSR count). The molecular formula is C25H23BrO8. The Kier molecular flexibility index (Phi) is 6.35. The minimum atomic E-state index is -2.02. The number of aromatic hydroxyl groups is 2. The first-order valence-electron chi connectivity index (χ1n) is 10.9. The minimum absolute atomic E-state index is 0.0157. The number of fused-ring (bicyclic) bond motifs is 3. The molecule has 0 amide bonds. The number of ether oxygens (including phenoxy) is 1. The summed E-state index contributed by atoms with van der Waals surface area (Å²) in [7, 11) is 0. The maximum absolute atomic E-state index is 13.1. The van der Waals surface area contributed by atoms with Gasteiger partial charge < -0.3 is 20.1 Å². The molecule has 34 heavy (non-hydrogen) atoms. The van der Waals surface area contributed by atoms with Crippen molar-refractivity contribution in [3.05, 3.63) is 57.6 Å². The molecule has 0 radical (unpaired) electrons. The van der Waals surface area contributed by atoms with Crippen LogP contribution in [0.5, 0.6) is 11.5 Å². The maximum Gasteiger partial charge on any atom is 0.306 e. The lowest BCUT2D eigenvalue weighted by atomic mass is 9.73. The largest absolute Gasteiger partial charge is 0.507 e. The molecule has 178 valence electrons. The van der Waals surface area contributed by atoms with Crippen LogP contribution in [0, 0.1) is 0 Å². The number of alkyl halides is 1. The normalized spacial score (nSPS) is 20.9. The van der Waals surface area contributed by atoms with Crippen molar-refractivity contribution < 1.29 is 39.2 Å². The van der Waals surface area contributed by atoms with Crippen molar-refractivity contribution in [3.8, 4) is 11.5 Å². The first-order valence-corrected chi connectivity index (χ1v) is 11.9. The van der Waals surface area contributed by atoms with Crippen molar-refractivity contribution in [2.24, 2.45) is 0 Å². The Morgan fingerprint density at radius 2 is 1.68 bits per heavy atom. The zero-order chi connectivity index (χ0) is 24.8. The molecule has 0 saturated carbocycles. The molecule has 8 nitrogen and oxygen atoms in total. The first kappa shape index (κ1) is 24.1. The van der Waals surface area contributed by atoms with Gasteiger partial charge in [0.15, 0.2) is 18.2 Å². The van der Waals surface area contributed by atoms with Crippen LogP contribution in [-0.4, -0.2) is 50.8 Å². The molecule has 2 unspecified atom stereocenters. The number of unbranched alkanes of at least 4 members (excludes halogenated alkanes) is 1. The molecule has 0 heterocycles. The van der Waals surface area contributed by atoms with Crippen LogP contribution in [0.2, 0.25) is 0 Å². The lowest BCUT2D eigenvalue weighted by Crippen LogP contribution is -2.46. The van der Waals surface area contributed by atoms with Crippen molar-refractivity contribution in [2.75, 3.05) is 6.61 Å². The molecule has 2 aliphatic rings. The summed E-state index contributed by atoms with van der Waals surface area (Å²) in [5.74, 6) is -3.60. The number of rotatable bonds is 6. The molecule has 3 N–H and O–H groups in total. The summed E-state index contributed by atoms with van der Waals surface area (Å²) in [6.45, 7) is 1.27. The van der Waals surface area contributed by atoms with Gasteiger partial charge in [-0.05, 0) is 6.42 Å². The quantitative estimate of drug-likeness (QED) is 0.250. The number of ketones is 3. The van der Waals surface area contributed by atoms with Crippen LogP contribution in [0.1, 0.15) is 80.4 Å². The summed E-state index contributed by atoms with van der Waals surface area (Å²) in [6, 6.07) is 6.10. The SMILES string of the molecule is CCCCC(=O)OCC(=O)C1(O)Cc2c(O)c3c(c(O)c2C(Br)C1)C(=O)c1ccccc1C3=O. The smallest absolute Gasteiger partial charge is 0.306 e. The number of phenolic OH excluding ortho intramolecular Hbond substituents is 2. The second kappa shape index (κ2) is 8.96. The van der Waals surface area contributed by atoms with Crippen molar-refractivity contribution >= 4 is 39.2 Å². The van der Waals surface area contributed by atoms with Crippen molar-refractivity contribution in [1.82, 2.24) is 0 Å². The van der Waals surface area contributed by atoms with E-state index in [0.29, 0.717) is 6.42 Å². The van der Waals surface area contributed by atoms with Gasteiger partial charge in [0.05, 0.1) is 11.1 Å². The second-order valence-electron chi connectivity index (χ2n) is 8.61. The number of halogens is 1. The Labute approximate surface area is 203 Å². The molecule has 2 aliphatic carbocycles. The van der Waals surface area contributed by atoms with E-state index in [4.69, 9.17) is 4.74 Å². The van der Waals surface area contributed by atoms with Gasteiger partial charge in [0.25, 0.3) is 0 Å². The van der Waals surface area contributed by atoms with E-state index >= 15 is 0 Å². The molecule has 2 atom stereocenters. The molecule has 9 heteroatoms. The first-order chi connectivity index (χ1) is 16.1. The maximum atomic E-state index is 13.1. The van der Waals surface area contributed by atoms with Crippen LogP contribution >= 0.6 is 15.9 Å². The Morgan fingerprint density at radius 1 is 1.09 bits per heavy atom. The molecule has 0 fully saturated rings. The molecular weight excluding hydrogens is 508 g/mol. The summed E-state index contributed by atoms with van der Waals surface area (Å²) in [4.78, 5) is 50.0. The second-order valence-corrected chi connectivity index (χ2v) is 9.72. The molecule has 2 aromatic rings. The Morgan fingerprint density at radius 3 is 2.26 bits per heavy atom. The fraction of sp³-hybridized carbons (Fsp3) is 0.360. The average Bonchev–Trinajstić information content (AvgIpc) is 2.81. The summed E-state index contributed by atoms with van der Waals surface area (Å²) in [6.07, 6.45) is 0.933. The Balaban J connectivity index is 1.72. The molecule has 0 saturated heterocycles. The number of carbonyl (C=O) groups excluding carboxylic acids is 4. The van der Waals surface area contributed by atoms with E-state index in [1.165, 1.54) is 12.1 Å². The molecule has 0 spiro atoms. The number of phenols is 2. The molecule has 0 aliphatic heterocycles. The third-order valence-corrected chi connectivity index (χ3v) is 7.16. The van der Waals surface area contributed by atoms with Gasteiger partial charge in [0.2, 0.25) is 5.78 Å². The van der Waals surface area contributed by atoms with E-state index in [1.807, 2.05) is 6.92 Å². The van der Waals surface area contributed by atoms with Gasteiger partial charge >= 0.3 is 5.97 Å². The molecule has 0 aromatic heterocycles. The van der Waals surface area contributed by atoms with Gasteiger partial charge in [-0.1, -0.05) is 53.5 Å². The van der Waals surface area contributed by atoms with E-state index in [2.05, 4.69) is 15.9 Å². The third-order valence-electron chi connectivity index (χ3n) is 6.38. The highest BCUT2D eigenvalue weighted by Crippen LogP contribution is 2.52. The summed E-state index contributed by atoms with van der Waals surface area (Å²) < 4.78 is 4.99. The number of carbonyl (C=O) groups is 4. The van der Waals surface area contributed by atoms with Crippen molar-refractivity contribution in [2.45, 2.75) is 49.5 Å². The van der Waals surface area contributed by atoms with Gasteiger partial charge in [-0.25, -0.2) is 0 Å². The monoisotopic (exact) mass is 530 g/mol. The highest BCUT2D eigenvalue weighted by molar-refractivity contribution is 9.09. The van der Waals surface area contributed by atoms with Gasteiger partial charge in [0, 0.05) is 46.3 Å². The fourth-order valence-corrected chi connectivity index (χ4v) is 5.58. The van der Waals surface area contributed by atoms with Crippen LogP contribution in [-0.2, 0) is 20.7 Å². The van der Waals surface area contributed by atoms with Crippen LogP contribution in [0.15, 0.2) is 24.3 Å². The number of esters is 1. The highest BCUT2D eigenvalue weighted by Gasteiger charge is 2.48. The third kappa shape index (κ3) is 3.82. The van der Waals surface area contributed by atoms with Gasteiger partial charge in [-0.3, -0.25) is 19.2 Å². The number of Topliss-reactive ketones (excluding diaryl/α,β-unsaturated/α-hetero) is 1. The Bertz CT molecular complexity index is 1230. The number of hydrogen-bond acceptors (Lipinski definition) is 8. The van der Waals surface area contributed by atoms with E-state index in [-0.39, 0.29) is 46.2 Å². The number of hydrogen-bond donors (Lipinski definition) is 3. The van der Waals surface area contributed by atoms with Crippen LogP contribution < -0.4 is 0 Å². The number of benzene rings is 2. The van der Waals surface area contributed by atoms with Crippen molar-refractivity contribution in [3.63, 3.8) is 0 Å². The fourth-order valence-electron chi connectivity index (χ4n) is 4.55. The van der Waals surface area contributed by atoms with E-state index < -0.39 is 58.3 Å². The highest BCUT2D eigenvalue weighted by atomic mass is 79.9. The number of aliphatic hydroxyl groups is 1.